The number of rotatable bonds is 7. The Bertz CT molecular complexity index is 1780. The van der Waals surface area contributed by atoms with E-state index in [9.17, 15) is 43.3 Å². The molecule has 7 fully saturated rings. The minimum absolute atomic E-state index is 0. The molecule has 0 radical (unpaired) electrons. The average molecular weight is 867 g/mol. The van der Waals surface area contributed by atoms with Crippen LogP contribution in [0.15, 0.2) is 11.6 Å². The van der Waals surface area contributed by atoms with Gasteiger partial charge in [0.25, 0.3) is 0 Å². The fourth-order valence-corrected chi connectivity index (χ4v) is 14.2. The van der Waals surface area contributed by atoms with Crippen molar-refractivity contribution >= 4 is 16.4 Å². The van der Waals surface area contributed by atoms with Gasteiger partial charge in [0.05, 0.1) is 36.6 Å². The molecule has 0 aromatic carbocycles. The molecule has 4 saturated heterocycles. The molecule has 0 amide bonds. The van der Waals surface area contributed by atoms with Crippen LogP contribution in [0.2, 0.25) is 0 Å². The largest absolute Gasteiger partial charge is 1.00 e. The van der Waals surface area contributed by atoms with E-state index >= 15 is 0 Å². The quantitative estimate of drug-likeness (QED) is 0.0514. The van der Waals surface area contributed by atoms with E-state index in [1.807, 2.05) is 13.0 Å². The van der Waals surface area contributed by atoms with Crippen molar-refractivity contribution in [3.63, 3.8) is 0 Å². The molecule has 4 aliphatic heterocycles. The molecule has 1 unspecified atom stereocenters. The van der Waals surface area contributed by atoms with E-state index in [-0.39, 0.29) is 70.4 Å². The van der Waals surface area contributed by atoms with Crippen molar-refractivity contribution in [3.05, 3.63) is 11.6 Å². The Morgan fingerprint density at radius 3 is 2.15 bits per heavy atom. The van der Waals surface area contributed by atoms with Gasteiger partial charge in [0.1, 0.15) is 47.6 Å². The fourth-order valence-electron chi connectivity index (χ4n) is 13.7. The number of fused-ring (bicyclic) bond motifs is 4. The van der Waals surface area contributed by atoms with E-state index in [4.69, 9.17) is 28.4 Å². The van der Waals surface area contributed by atoms with Gasteiger partial charge in [-0.1, -0.05) is 39.3 Å². The van der Waals surface area contributed by atoms with E-state index in [0.29, 0.717) is 12.8 Å². The molecule has 330 valence electrons. The summed E-state index contributed by atoms with van der Waals surface area (Å²) < 4.78 is 76.4. The Balaban J connectivity index is 0.00000528. The third-order valence-corrected chi connectivity index (χ3v) is 17.2. The number of allylic oxidation sites excluding steroid dienone is 1. The first-order chi connectivity index (χ1) is 26.8. The van der Waals surface area contributed by atoms with Crippen molar-refractivity contribution < 1.29 is 105 Å². The summed E-state index contributed by atoms with van der Waals surface area (Å²) in [6.07, 6.45) is -7.69. The van der Waals surface area contributed by atoms with Crippen molar-refractivity contribution in [1.29, 1.82) is 0 Å². The van der Waals surface area contributed by atoms with Crippen LogP contribution in [-0.2, 0) is 47.8 Å². The number of ether oxygens (including phenoxy) is 6. The van der Waals surface area contributed by atoms with Crippen molar-refractivity contribution in [1.82, 2.24) is 0 Å². The molecule has 4 aliphatic carbocycles. The molecular weight excluding hydrogens is 803 g/mol. The predicted octanol–water partition coefficient (Wildman–Crippen LogP) is -1.02. The number of aliphatic hydroxyl groups is 5. The van der Waals surface area contributed by atoms with Crippen LogP contribution < -0.4 is 29.6 Å². The Kier molecular flexibility index (Phi) is 12.2. The maximum absolute atomic E-state index is 14.4. The van der Waals surface area contributed by atoms with E-state index in [1.165, 1.54) is 12.5 Å². The van der Waals surface area contributed by atoms with Gasteiger partial charge in [-0.3, -0.25) is 8.98 Å². The van der Waals surface area contributed by atoms with Gasteiger partial charge in [-0.25, -0.2) is 8.42 Å². The number of hydrogen-bond acceptors (Lipinski definition) is 16. The number of carbonyl (C=O) groups excluding carboxylic acids is 1. The van der Waals surface area contributed by atoms with Gasteiger partial charge in [0, 0.05) is 5.92 Å². The molecule has 16 nitrogen and oxygen atoms in total. The van der Waals surface area contributed by atoms with Crippen LogP contribution in [0.4, 0.5) is 0 Å². The first-order valence-corrected chi connectivity index (χ1v) is 22.4. The Morgan fingerprint density at radius 1 is 0.814 bits per heavy atom. The molecular formula is C41H63NaO16S. The van der Waals surface area contributed by atoms with Gasteiger partial charge in [0.2, 0.25) is 10.4 Å². The maximum atomic E-state index is 14.4. The molecule has 0 bridgehead atoms. The predicted molar refractivity (Wildman–Crippen MR) is 200 cm³/mol. The standard InChI is InChI=1S/C41H64O16S.Na/c1-19-28(43)30(45)31(46)33(52-19)54-32-29(44)22(57-58(48,49)50)18-51-34(32)53-26-13-15-38(6)21-17-25(42)41-24(40(8,56-35(41)47)27-12-14-36(2,3)55-27)11-16-39(41,7)20(21)9-10-23(38)37(26,4)5;/h17,19-20,22-34,42-46H,9-16,18H2,1-8H3,(H,48,49,50);/q;+1/p-1/t19-,20-,22-,23?,24-,25-,26+,27-,28-,29+,30+,31-,32-,33+,34+,38-,39+,40-,41+;/m1./s1. The van der Waals surface area contributed by atoms with Gasteiger partial charge in [-0.2, -0.15) is 0 Å². The van der Waals surface area contributed by atoms with Gasteiger partial charge in [-0.05, 0) is 107 Å². The number of cyclic esters (lactones) is 1. The molecule has 8 rings (SSSR count). The number of esters is 1. The fraction of sp³-hybridized carbons (Fsp3) is 0.927. The molecule has 0 aromatic rings. The second-order valence-corrected chi connectivity index (χ2v) is 21.5. The van der Waals surface area contributed by atoms with E-state index in [0.717, 1.165) is 38.5 Å². The van der Waals surface area contributed by atoms with Crippen LogP contribution in [-0.4, -0.2) is 136 Å². The number of hydrogen-bond donors (Lipinski definition) is 5. The molecule has 19 atom stereocenters. The second kappa shape index (κ2) is 15.4. The molecule has 59 heavy (non-hydrogen) atoms. The topological polar surface area (TPSA) is 240 Å². The van der Waals surface area contributed by atoms with E-state index in [1.54, 1.807) is 0 Å². The van der Waals surface area contributed by atoms with Crippen molar-refractivity contribution in [2.75, 3.05) is 6.61 Å². The first kappa shape index (κ1) is 46.7. The van der Waals surface area contributed by atoms with Crippen LogP contribution >= 0.6 is 0 Å². The zero-order chi connectivity index (χ0) is 42.3. The molecule has 0 aromatic heterocycles. The summed E-state index contributed by atoms with van der Waals surface area (Å²) in [5.41, 5.74) is -2.55. The third-order valence-electron chi connectivity index (χ3n) is 16.7. The monoisotopic (exact) mass is 866 g/mol. The first-order valence-electron chi connectivity index (χ1n) is 21.1. The van der Waals surface area contributed by atoms with Gasteiger partial charge < -0.3 is 58.5 Å². The average Bonchev–Trinajstić information content (AvgIpc) is 3.75. The summed E-state index contributed by atoms with van der Waals surface area (Å²) in [5, 5.41) is 55.2. The number of carbonyl (C=O) groups is 1. The Labute approximate surface area is 369 Å². The summed E-state index contributed by atoms with van der Waals surface area (Å²) in [6, 6.07) is 0. The van der Waals surface area contributed by atoms with E-state index < -0.39 is 106 Å². The maximum Gasteiger partial charge on any atom is 1.00 e. The molecule has 8 aliphatic rings. The third kappa shape index (κ3) is 7.01. The second-order valence-electron chi connectivity index (χ2n) is 20.5. The van der Waals surface area contributed by atoms with Crippen LogP contribution in [0.25, 0.3) is 0 Å². The van der Waals surface area contributed by atoms with Crippen LogP contribution in [0, 0.1) is 39.4 Å². The van der Waals surface area contributed by atoms with Gasteiger partial charge in [-0.15, -0.1) is 0 Å². The summed E-state index contributed by atoms with van der Waals surface area (Å²) in [6.45, 7) is 15.7. The van der Waals surface area contributed by atoms with Crippen molar-refractivity contribution in [3.8, 4) is 0 Å². The molecule has 3 saturated carbocycles. The summed E-state index contributed by atoms with van der Waals surface area (Å²) in [7, 11) is -5.27. The van der Waals surface area contributed by atoms with Gasteiger partial charge in [0.15, 0.2) is 12.6 Å². The van der Waals surface area contributed by atoms with Crippen molar-refractivity contribution in [2.24, 2.45) is 39.4 Å². The van der Waals surface area contributed by atoms with Crippen LogP contribution in [0.3, 0.4) is 0 Å². The minimum atomic E-state index is -5.27. The smallest absolute Gasteiger partial charge is 0.726 e. The molecule has 18 heteroatoms. The normalized spacial score (nSPS) is 52.6. The Hall–Kier alpha value is -0.320. The Morgan fingerprint density at radius 2 is 1.51 bits per heavy atom. The minimum Gasteiger partial charge on any atom is -0.726 e. The SMILES string of the molecule is C[C@H]1O[C@@H](O[C@H]2[C@H](O[C@H]3CC[C@]4(C)C5=C[C@@H](O)[C@]67C(=O)O[C@@](C)([C@H]8CCC(C)(C)O8)[C@H]6CC[C@@]7(C)[C@@H]5CCC4C3(C)C)OC[C@@H](OS(=O)(=O)[O-])[C@@H]2O)[C@H](O)[C@@H](O)[C@@H]1O.[Na+]. The summed E-state index contributed by atoms with van der Waals surface area (Å²) in [5.74, 6) is -0.451. The molecule has 1 spiro atoms. The molecule has 5 N–H and O–H groups in total. The molecule has 4 heterocycles. The van der Waals surface area contributed by atoms with Crippen LogP contribution in [0.5, 0.6) is 0 Å². The summed E-state index contributed by atoms with van der Waals surface area (Å²) in [4.78, 5) is 14.4. The van der Waals surface area contributed by atoms with Crippen molar-refractivity contribution in [2.45, 2.75) is 192 Å². The zero-order valence-electron chi connectivity index (χ0n) is 35.7. The number of aliphatic hydroxyl groups excluding tert-OH is 5. The van der Waals surface area contributed by atoms with Gasteiger partial charge >= 0.3 is 35.5 Å². The van der Waals surface area contributed by atoms with Crippen LogP contribution in [0.1, 0.15) is 107 Å². The zero-order valence-corrected chi connectivity index (χ0v) is 38.6. The summed E-state index contributed by atoms with van der Waals surface area (Å²) >= 11 is 0. The van der Waals surface area contributed by atoms with E-state index in [2.05, 4.69) is 45.7 Å².